The van der Waals surface area contributed by atoms with Gasteiger partial charge in [-0.25, -0.2) is 0 Å². The summed E-state index contributed by atoms with van der Waals surface area (Å²) in [7, 11) is 0. The second kappa shape index (κ2) is 7.84. The number of nitrogens with one attached hydrogen (secondary N) is 1. The van der Waals surface area contributed by atoms with E-state index in [1.165, 1.54) is 0 Å². The monoisotopic (exact) mass is 325 g/mol. The Bertz CT molecular complexity index is 507. The van der Waals surface area contributed by atoms with Crippen molar-refractivity contribution in [3.05, 3.63) is 23.2 Å². The smallest absolute Gasteiger partial charge is 0.256 e. The molecule has 0 saturated heterocycles. The molecule has 1 N–H and O–H groups in total. The standard InChI is InChI=1S/C17H24ClNO3/c1-3-21-15-9-8-13(12-14(15)18)19-16(20)17(22-4-2)10-6-5-7-11-17/h8-9,12H,3-7,10-11H2,1-2H3,(H,19,20). The molecule has 22 heavy (non-hydrogen) atoms. The van der Waals surface area contributed by atoms with Crippen LogP contribution in [0.4, 0.5) is 5.69 Å². The number of benzene rings is 1. The number of carbonyl (C=O) groups is 1. The summed E-state index contributed by atoms with van der Waals surface area (Å²) in [6.45, 7) is 4.93. The van der Waals surface area contributed by atoms with E-state index in [2.05, 4.69) is 5.32 Å². The quantitative estimate of drug-likeness (QED) is 0.842. The predicted molar refractivity (Wildman–Crippen MR) is 88.7 cm³/mol. The Hall–Kier alpha value is -1.26. The van der Waals surface area contributed by atoms with Crippen molar-refractivity contribution in [1.29, 1.82) is 0 Å². The van der Waals surface area contributed by atoms with Crippen molar-refractivity contribution in [3.8, 4) is 5.75 Å². The van der Waals surface area contributed by atoms with E-state index in [-0.39, 0.29) is 5.91 Å². The fraction of sp³-hybridized carbons (Fsp3) is 0.588. The van der Waals surface area contributed by atoms with Crippen LogP contribution in [0.15, 0.2) is 18.2 Å². The van der Waals surface area contributed by atoms with Gasteiger partial charge in [-0.3, -0.25) is 4.79 Å². The van der Waals surface area contributed by atoms with Gasteiger partial charge in [-0.15, -0.1) is 0 Å². The van der Waals surface area contributed by atoms with Gasteiger partial charge >= 0.3 is 0 Å². The molecular formula is C17H24ClNO3. The molecule has 4 nitrogen and oxygen atoms in total. The van der Waals surface area contributed by atoms with Crippen molar-refractivity contribution in [3.63, 3.8) is 0 Å². The van der Waals surface area contributed by atoms with Gasteiger partial charge in [0.2, 0.25) is 0 Å². The molecule has 1 fully saturated rings. The molecule has 1 amide bonds. The average molecular weight is 326 g/mol. The van der Waals surface area contributed by atoms with Gasteiger partial charge in [0, 0.05) is 12.3 Å². The van der Waals surface area contributed by atoms with E-state index < -0.39 is 5.60 Å². The maximum Gasteiger partial charge on any atom is 0.256 e. The molecule has 5 heteroatoms. The molecule has 1 aromatic rings. The van der Waals surface area contributed by atoms with Gasteiger partial charge in [-0.05, 0) is 44.9 Å². The van der Waals surface area contributed by atoms with Crippen LogP contribution in [0, 0.1) is 0 Å². The molecular weight excluding hydrogens is 302 g/mol. The zero-order valence-corrected chi connectivity index (χ0v) is 14.0. The summed E-state index contributed by atoms with van der Waals surface area (Å²) in [6.07, 6.45) is 4.76. The molecule has 2 rings (SSSR count). The lowest BCUT2D eigenvalue weighted by molar-refractivity contribution is -0.145. The second-order valence-corrected chi connectivity index (χ2v) is 5.93. The van der Waals surface area contributed by atoms with Crippen molar-refractivity contribution in [1.82, 2.24) is 0 Å². The molecule has 1 aliphatic carbocycles. The Kier molecular flexibility index (Phi) is 6.09. The lowest BCUT2D eigenvalue weighted by atomic mass is 9.83. The minimum Gasteiger partial charge on any atom is -0.492 e. The first-order chi connectivity index (χ1) is 10.6. The summed E-state index contributed by atoms with van der Waals surface area (Å²) in [5.41, 5.74) is -0.0268. The Morgan fingerprint density at radius 2 is 1.95 bits per heavy atom. The number of carbonyl (C=O) groups excluding carboxylic acids is 1. The van der Waals surface area contributed by atoms with E-state index in [0.717, 1.165) is 32.1 Å². The second-order valence-electron chi connectivity index (χ2n) is 5.52. The summed E-state index contributed by atoms with van der Waals surface area (Å²) in [5, 5.41) is 3.44. The van der Waals surface area contributed by atoms with Gasteiger partial charge in [0.05, 0.1) is 11.6 Å². The van der Waals surface area contributed by atoms with Crippen LogP contribution < -0.4 is 10.1 Å². The van der Waals surface area contributed by atoms with Crippen molar-refractivity contribution in [2.75, 3.05) is 18.5 Å². The summed E-state index contributed by atoms with van der Waals surface area (Å²) in [5.74, 6) is 0.550. The van der Waals surface area contributed by atoms with Crippen LogP contribution in [-0.4, -0.2) is 24.7 Å². The van der Waals surface area contributed by atoms with Gasteiger partial charge in [-0.2, -0.15) is 0 Å². The molecule has 0 bridgehead atoms. The van der Waals surface area contributed by atoms with Gasteiger partial charge in [-0.1, -0.05) is 30.9 Å². The fourth-order valence-electron chi connectivity index (χ4n) is 2.93. The van der Waals surface area contributed by atoms with Crippen LogP contribution in [0.5, 0.6) is 5.75 Å². The van der Waals surface area contributed by atoms with E-state index in [9.17, 15) is 4.79 Å². The third kappa shape index (κ3) is 3.93. The number of hydrogen-bond acceptors (Lipinski definition) is 3. The minimum atomic E-state index is -0.696. The van der Waals surface area contributed by atoms with Crippen molar-refractivity contribution < 1.29 is 14.3 Å². The van der Waals surface area contributed by atoms with E-state index in [0.29, 0.717) is 29.7 Å². The average Bonchev–Trinajstić information content (AvgIpc) is 2.51. The van der Waals surface area contributed by atoms with Crippen molar-refractivity contribution in [2.45, 2.75) is 51.6 Å². The Morgan fingerprint density at radius 3 is 2.55 bits per heavy atom. The maximum absolute atomic E-state index is 12.7. The Labute approximate surface area is 137 Å². The predicted octanol–water partition coefficient (Wildman–Crippen LogP) is 4.42. The number of rotatable bonds is 6. The fourth-order valence-corrected chi connectivity index (χ4v) is 3.17. The van der Waals surface area contributed by atoms with E-state index in [1.807, 2.05) is 13.8 Å². The minimum absolute atomic E-state index is 0.0747. The summed E-state index contributed by atoms with van der Waals surface area (Å²) < 4.78 is 11.2. The molecule has 1 saturated carbocycles. The molecule has 0 unspecified atom stereocenters. The number of amides is 1. The van der Waals surface area contributed by atoms with Gasteiger partial charge in [0.15, 0.2) is 0 Å². The van der Waals surface area contributed by atoms with E-state index in [1.54, 1.807) is 18.2 Å². The van der Waals surface area contributed by atoms with Gasteiger partial charge < -0.3 is 14.8 Å². The lowest BCUT2D eigenvalue weighted by Crippen LogP contribution is -2.47. The van der Waals surface area contributed by atoms with Crippen LogP contribution in [0.2, 0.25) is 5.02 Å². The van der Waals surface area contributed by atoms with Crippen LogP contribution in [-0.2, 0) is 9.53 Å². The molecule has 1 aromatic carbocycles. The molecule has 0 heterocycles. The van der Waals surface area contributed by atoms with Crippen LogP contribution >= 0.6 is 11.6 Å². The molecule has 122 valence electrons. The normalized spacial score (nSPS) is 17.0. The summed E-state index contributed by atoms with van der Waals surface area (Å²) in [4.78, 5) is 12.7. The topological polar surface area (TPSA) is 47.6 Å². The highest BCUT2D eigenvalue weighted by Crippen LogP contribution is 2.34. The number of hydrogen-bond donors (Lipinski definition) is 1. The molecule has 0 aromatic heterocycles. The lowest BCUT2D eigenvalue weighted by Gasteiger charge is -2.35. The third-order valence-corrected chi connectivity index (χ3v) is 4.28. The SMILES string of the molecule is CCOc1ccc(NC(=O)C2(OCC)CCCCC2)cc1Cl. The highest BCUT2D eigenvalue weighted by Gasteiger charge is 2.40. The van der Waals surface area contributed by atoms with Crippen LogP contribution in [0.25, 0.3) is 0 Å². The first-order valence-corrected chi connectivity index (χ1v) is 8.37. The Balaban J connectivity index is 2.11. The van der Waals surface area contributed by atoms with Crippen molar-refractivity contribution in [2.24, 2.45) is 0 Å². The number of ether oxygens (including phenoxy) is 2. The summed E-state index contributed by atoms with van der Waals surface area (Å²) in [6, 6.07) is 5.29. The summed E-state index contributed by atoms with van der Waals surface area (Å²) >= 11 is 6.17. The van der Waals surface area contributed by atoms with Gasteiger partial charge in [0.1, 0.15) is 11.4 Å². The molecule has 0 radical (unpaired) electrons. The zero-order chi connectivity index (χ0) is 16.0. The maximum atomic E-state index is 12.7. The van der Waals surface area contributed by atoms with E-state index in [4.69, 9.17) is 21.1 Å². The highest BCUT2D eigenvalue weighted by atomic mass is 35.5. The Morgan fingerprint density at radius 1 is 1.23 bits per heavy atom. The highest BCUT2D eigenvalue weighted by molar-refractivity contribution is 6.32. The third-order valence-electron chi connectivity index (χ3n) is 3.99. The van der Waals surface area contributed by atoms with Crippen LogP contribution in [0.1, 0.15) is 46.0 Å². The first-order valence-electron chi connectivity index (χ1n) is 7.99. The number of anilines is 1. The molecule has 0 spiro atoms. The van der Waals surface area contributed by atoms with Crippen molar-refractivity contribution >= 4 is 23.2 Å². The first kappa shape index (κ1) is 17.1. The van der Waals surface area contributed by atoms with E-state index >= 15 is 0 Å². The zero-order valence-electron chi connectivity index (χ0n) is 13.3. The number of halogens is 1. The van der Waals surface area contributed by atoms with Crippen LogP contribution in [0.3, 0.4) is 0 Å². The van der Waals surface area contributed by atoms with Gasteiger partial charge in [0.25, 0.3) is 5.91 Å². The molecule has 0 atom stereocenters. The largest absolute Gasteiger partial charge is 0.492 e. The molecule has 1 aliphatic rings. The molecule has 0 aliphatic heterocycles.